The normalized spacial score (nSPS) is 13.2. The minimum absolute atomic E-state index is 0.0333. The highest BCUT2D eigenvalue weighted by molar-refractivity contribution is 7.89. The summed E-state index contributed by atoms with van der Waals surface area (Å²) in [4.78, 5) is 22.5. The number of primary sulfonamides is 1. The Bertz CT molecular complexity index is 631. The van der Waals surface area contributed by atoms with Gasteiger partial charge in [-0.05, 0) is 12.8 Å². The lowest BCUT2D eigenvalue weighted by Crippen LogP contribution is -2.44. The molecule has 0 fully saturated rings. The van der Waals surface area contributed by atoms with Gasteiger partial charge in [0, 0.05) is 6.07 Å². The van der Waals surface area contributed by atoms with Crippen molar-refractivity contribution in [3.63, 3.8) is 0 Å². The van der Waals surface area contributed by atoms with Gasteiger partial charge in [0.2, 0.25) is 10.0 Å². The molecule has 0 radical (unpaired) electrons. The summed E-state index contributed by atoms with van der Waals surface area (Å²) in [5.74, 6) is -2.69. The van der Waals surface area contributed by atoms with Crippen LogP contribution < -0.4 is 10.5 Å². The van der Waals surface area contributed by atoms with E-state index < -0.39 is 27.9 Å². The van der Waals surface area contributed by atoms with E-state index in [2.05, 4.69) is 5.32 Å². The van der Waals surface area contributed by atoms with Crippen molar-refractivity contribution in [1.29, 1.82) is 0 Å². The molecule has 0 aromatic carbocycles. The van der Waals surface area contributed by atoms with Crippen LogP contribution in [0.3, 0.4) is 0 Å². The van der Waals surface area contributed by atoms with Crippen LogP contribution >= 0.6 is 0 Å². The van der Waals surface area contributed by atoms with E-state index in [1.165, 1.54) is 6.92 Å². The molecule has 0 bridgehead atoms. The molecule has 1 rings (SSSR count). The van der Waals surface area contributed by atoms with Crippen molar-refractivity contribution in [2.45, 2.75) is 31.7 Å². The molecule has 0 saturated heterocycles. The van der Waals surface area contributed by atoms with Gasteiger partial charge in [0.15, 0.2) is 5.76 Å². The molecule has 1 amide bonds. The first-order valence-corrected chi connectivity index (χ1v) is 7.25. The second kappa shape index (κ2) is 5.63. The molecule has 0 unspecified atom stereocenters. The fourth-order valence-corrected chi connectivity index (χ4v) is 2.30. The smallest absolute Gasteiger partial charge is 0.326 e. The summed E-state index contributed by atoms with van der Waals surface area (Å²) in [6, 6.07) is -0.134. The van der Waals surface area contributed by atoms with Crippen molar-refractivity contribution >= 4 is 21.9 Å². The van der Waals surface area contributed by atoms with Gasteiger partial charge < -0.3 is 14.8 Å². The van der Waals surface area contributed by atoms with Gasteiger partial charge in [0.05, 0.1) is 0 Å². The van der Waals surface area contributed by atoms with Crippen LogP contribution in [-0.2, 0) is 14.8 Å². The fourth-order valence-electron chi connectivity index (χ4n) is 1.59. The first-order valence-electron chi connectivity index (χ1n) is 5.71. The van der Waals surface area contributed by atoms with Crippen LogP contribution in [0.5, 0.6) is 0 Å². The van der Waals surface area contributed by atoms with Crippen molar-refractivity contribution in [1.82, 2.24) is 5.32 Å². The molecule has 0 spiro atoms. The summed E-state index contributed by atoms with van der Waals surface area (Å²) >= 11 is 0. The molecule has 0 aliphatic rings. The predicted octanol–water partition coefficient (Wildman–Crippen LogP) is 0.0744. The zero-order valence-corrected chi connectivity index (χ0v) is 12.0. The third kappa shape index (κ3) is 3.58. The summed E-state index contributed by atoms with van der Waals surface area (Å²) in [5, 5.41) is 16.2. The van der Waals surface area contributed by atoms with Crippen molar-refractivity contribution < 1.29 is 27.5 Å². The number of carbonyl (C=O) groups is 2. The SMILES string of the molecule is Cc1oc(C(=O)N[C@H](C(=O)O)C(C)C)cc1S(N)(=O)=O. The van der Waals surface area contributed by atoms with Crippen molar-refractivity contribution in [3.05, 3.63) is 17.6 Å². The van der Waals surface area contributed by atoms with Gasteiger partial charge in [-0.25, -0.2) is 18.4 Å². The summed E-state index contributed by atoms with van der Waals surface area (Å²) in [6.07, 6.45) is 0. The average molecular weight is 304 g/mol. The number of hydrogen-bond acceptors (Lipinski definition) is 5. The van der Waals surface area contributed by atoms with Crippen LogP contribution in [0, 0.1) is 12.8 Å². The Kier molecular flexibility index (Phi) is 4.56. The molecule has 0 saturated carbocycles. The molecule has 1 heterocycles. The van der Waals surface area contributed by atoms with Crippen LogP contribution in [0.1, 0.15) is 30.2 Å². The number of carboxylic acid groups (broad SMARTS) is 1. The van der Waals surface area contributed by atoms with Crippen LogP contribution in [0.15, 0.2) is 15.4 Å². The Morgan fingerprint density at radius 2 is 1.95 bits per heavy atom. The number of nitrogens with two attached hydrogens (primary N) is 1. The molecule has 0 aliphatic carbocycles. The van der Waals surface area contributed by atoms with E-state index in [4.69, 9.17) is 14.7 Å². The van der Waals surface area contributed by atoms with Gasteiger partial charge in [0.1, 0.15) is 16.7 Å². The summed E-state index contributed by atoms with van der Waals surface area (Å²) in [6.45, 7) is 4.60. The lowest BCUT2D eigenvalue weighted by atomic mass is 10.0. The quantitative estimate of drug-likeness (QED) is 0.703. The maximum Gasteiger partial charge on any atom is 0.326 e. The molecular weight excluding hydrogens is 288 g/mol. The molecule has 1 aromatic heterocycles. The van der Waals surface area contributed by atoms with E-state index in [9.17, 15) is 18.0 Å². The van der Waals surface area contributed by atoms with Crippen molar-refractivity contribution in [2.75, 3.05) is 0 Å². The minimum Gasteiger partial charge on any atom is -0.480 e. The van der Waals surface area contributed by atoms with Gasteiger partial charge in [0.25, 0.3) is 5.91 Å². The maximum atomic E-state index is 11.9. The van der Waals surface area contributed by atoms with Crippen LogP contribution in [0.4, 0.5) is 0 Å². The van der Waals surface area contributed by atoms with Gasteiger partial charge in [-0.2, -0.15) is 0 Å². The van der Waals surface area contributed by atoms with Crippen molar-refractivity contribution in [3.8, 4) is 0 Å². The Hall–Kier alpha value is -1.87. The number of hydrogen-bond donors (Lipinski definition) is 3. The molecule has 1 atom stereocenters. The molecule has 8 nitrogen and oxygen atoms in total. The molecular formula is C11H16N2O6S. The molecule has 20 heavy (non-hydrogen) atoms. The molecule has 9 heteroatoms. The summed E-state index contributed by atoms with van der Waals surface area (Å²) < 4.78 is 27.4. The van der Waals surface area contributed by atoms with Crippen LogP contribution in [-0.4, -0.2) is 31.4 Å². The summed E-state index contributed by atoms with van der Waals surface area (Å²) in [7, 11) is -4.00. The Morgan fingerprint density at radius 1 is 1.40 bits per heavy atom. The third-order valence-corrected chi connectivity index (χ3v) is 3.64. The zero-order valence-electron chi connectivity index (χ0n) is 11.2. The van der Waals surface area contributed by atoms with Gasteiger partial charge in [-0.1, -0.05) is 13.8 Å². The molecule has 4 N–H and O–H groups in total. The number of sulfonamides is 1. The highest BCUT2D eigenvalue weighted by Gasteiger charge is 2.27. The summed E-state index contributed by atoms with van der Waals surface area (Å²) in [5.41, 5.74) is 0. The van der Waals surface area contributed by atoms with E-state index in [-0.39, 0.29) is 22.3 Å². The standard InChI is InChI=1S/C11H16N2O6S/c1-5(2)9(11(15)16)13-10(14)7-4-8(6(3)19-7)20(12,17)18/h4-5,9H,1-3H3,(H,13,14)(H,15,16)(H2,12,17,18)/t9-/m0/s1. The third-order valence-electron chi connectivity index (χ3n) is 2.62. The fraction of sp³-hybridized carbons (Fsp3) is 0.455. The number of aryl methyl sites for hydroxylation is 1. The van der Waals surface area contributed by atoms with Gasteiger partial charge in [-0.15, -0.1) is 0 Å². The second-order valence-corrected chi connectivity index (χ2v) is 6.14. The Labute approximate surface area is 116 Å². The maximum absolute atomic E-state index is 11.9. The first kappa shape index (κ1) is 16.2. The predicted molar refractivity (Wildman–Crippen MR) is 68.5 cm³/mol. The average Bonchev–Trinajstić information content (AvgIpc) is 2.66. The Balaban J connectivity index is 3.02. The van der Waals surface area contributed by atoms with Gasteiger partial charge in [-0.3, -0.25) is 4.79 Å². The highest BCUT2D eigenvalue weighted by Crippen LogP contribution is 2.19. The largest absolute Gasteiger partial charge is 0.480 e. The van der Waals surface area contributed by atoms with E-state index in [0.717, 1.165) is 6.07 Å². The minimum atomic E-state index is -4.00. The number of rotatable bonds is 5. The Morgan fingerprint density at radius 3 is 2.30 bits per heavy atom. The van der Waals surface area contributed by atoms with Crippen LogP contribution in [0.25, 0.3) is 0 Å². The molecule has 0 aliphatic heterocycles. The number of nitrogens with one attached hydrogen (secondary N) is 1. The second-order valence-electron chi connectivity index (χ2n) is 4.61. The number of furan rings is 1. The molecule has 1 aromatic rings. The first-order chi connectivity index (χ1) is 9.04. The van der Waals surface area contributed by atoms with E-state index in [1.54, 1.807) is 13.8 Å². The lowest BCUT2D eigenvalue weighted by Gasteiger charge is -2.16. The van der Waals surface area contributed by atoms with E-state index in [0.29, 0.717) is 0 Å². The van der Waals surface area contributed by atoms with Gasteiger partial charge >= 0.3 is 5.97 Å². The zero-order chi connectivity index (χ0) is 15.7. The monoisotopic (exact) mass is 304 g/mol. The number of carboxylic acids is 1. The van der Waals surface area contributed by atoms with Crippen LogP contribution in [0.2, 0.25) is 0 Å². The highest BCUT2D eigenvalue weighted by atomic mass is 32.2. The number of carbonyl (C=O) groups excluding carboxylic acids is 1. The van der Waals surface area contributed by atoms with E-state index >= 15 is 0 Å². The van der Waals surface area contributed by atoms with E-state index in [1.807, 2.05) is 0 Å². The number of amides is 1. The number of aliphatic carboxylic acids is 1. The lowest BCUT2D eigenvalue weighted by molar-refractivity contribution is -0.140. The molecule has 112 valence electrons. The van der Waals surface area contributed by atoms with Crippen molar-refractivity contribution in [2.24, 2.45) is 11.1 Å². The topological polar surface area (TPSA) is 140 Å².